The van der Waals surface area contributed by atoms with E-state index in [1.165, 1.54) is 19.2 Å². The Kier molecular flexibility index (Phi) is 5.17. The maximum atomic E-state index is 13.3. The Morgan fingerprint density at radius 2 is 2.00 bits per heavy atom. The van der Waals surface area contributed by atoms with E-state index in [4.69, 9.17) is 16.3 Å². The summed E-state index contributed by atoms with van der Waals surface area (Å²) in [4.78, 5) is 11.9. The Balaban J connectivity index is 2.14. The van der Waals surface area contributed by atoms with E-state index in [1.54, 1.807) is 6.07 Å². The SMILES string of the molecule is COC(=O)C(CNc1cc(F)cc(Cl)c1)c1ccccc1. The zero-order valence-corrected chi connectivity index (χ0v) is 12.2. The Hall–Kier alpha value is -2.07. The lowest BCUT2D eigenvalue weighted by atomic mass is 9.99. The van der Waals surface area contributed by atoms with E-state index in [0.717, 1.165) is 5.56 Å². The van der Waals surface area contributed by atoms with Gasteiger partial charge in [-0.2, -0.15) is 0 Å². The second-order valence-corrected chi connectivity index (χ2v) is 4.96. The van der Waals surface area contributed by atoms with E-state index in [0.29, 0.717) is 10.7 Å². The van der Waals surface area contributed by atoms with Crippen LogP contribution >= 0.6 is 11.6 Å². The average Bonchev–Trinajstić information content (AvgIpc) is 2.47. The lowest BCUT2D eigenvalue weighted by Gasteiger charge is -2.16. The van der Waals surface area contributed by atoms with E-state index in [9.17, 15) is 9.18 Å². The van der Waals surface area contributed by atoms with Gasteiger partial charge in [0.15, 0.2) is 0 Å². The average molecular weight is 308 g/mol. The van der Waals surface area contributed by atoms with Gasteiger partial charge in [0.2, 0.25) is 0 Å². The highest BCUT2D eigenvalue weighted by Gasteiger charge is 2.21. The van der Waals surface area contributed by atoms with Gasteiger partial charge in [-0.25, -0.2) is 4.39 Å². The molecule has 0 bridgehead atoms. The summed E-state index contributed by atoms with van der Waals surface area (Å²) in [6, 6.07) is 13.4. The van der Waals surface area contributed by atoms with Crippen molar-refractivity contribution in [1.29, 1.82) is 0 Å². The zero-order valence-electron chi connectivity index (χ0n) is 11.5. The Bertz CT molecular complexity index is 599. The fourth-order valence-electron chi connectivity index (χ4n) is 2.04. The van der Waals surface area contributed by atoms with Crippen molar-refractivity contribution in [3.8, 4) is 0 Å². The molecule has 0 heterocycles. The first-order chi connectivity index (χ1) is 10.1. The molecule has 2 aromatic rings. The van der Waals surface area contributed by atoms with Crippen molar-refractivity contribution in [2.45, 2.75) is 5.92 Å². The molecule has 1 N–H and O–H groups in total. The highest BCUT2D eigenvalue weighted by molar-refractivity contribution is 6.30. The fraction of sp³-hybridized carbons (Fsp3) is 0.188. The van der Waals surface area contributed by atoms with Gasteiger partial charge in [-0.1, -0.05) is 41.9 Å². The van der Waals surface area contributed by atoms with E-state index >= 15 is 0 Å². The molecule has 2 rings (SSSR count). The summed E-state index contributed by atoms with van der Waals surface area (Å²) in [7, 11) is 1.34. The number of esters is 1. The van der Waals surface area contributed by atoms with Gasteiger partial charge in [0.25, 0.3) is 0 Å². The highest BCUT2D eigenvalue weighted by atomic mass is 35.5. The second-order valence-electron chi connectivity index (χ2n) is 4.53. The number of hydrogen-bond acceptors (Lipinski definition) is 3. The van der Waals surface area contributed by atoms with E-state index in [1.807, 2.05) is 30.3 Å². The van der Waals surface area contributed by atoms with E-state index < -0.39 is 11.7 Å². The summed E-state index contributed by atoms with van der Waals surface area (Å²) >= 11 is 5.80. The van der Waals surface area contributed by atoms with Crippen LogP contribution in [0.5, 0.6) is 0 Å². The number of methoxy groups -OCH3 is 1. The van der Waals surface area contributed by atoms with Gasteiger partial charge in [0.05, 0.1) is 13.0 Å². The second kappa shape index (κ2) is 7.09. The molecule has 0 aliphatic heterocycles. The molecular formula is C16H15ClFNO2. The third kappa shape index (κ3) is 4.20. The van der Waals surface area contributed by atoms with Crippen molar-refractivity contribution in [3.63, 3.8) is 0 Å². The lowest BCUT2D eigenvalue weighted by Crippen LogP contribution is -2.22. The van der Waals surface area contributed by atoms with Crippen molar-refractivity contribution in [2.75, 3.05) is 19.0 Å². The minimum Gasteiger partial charge on any atom is -0.468 e. The first-order valence-corrected chi connectivity index (χ1v) is 6.80. The van der Waals surface area contributed by atoms with Crippen LogP contribution in [-0.4, -0.2) is 19.6 Å². The van der Waals surface area contributed by atoms with Crippen molar-refractivity contribution in [2.24, 2.45) is 0 Å². The summed E-state index contributed by atoms with van der Waals surface area (Å²) in [5.41, 5.74) is 1.35. The van der Waals surface area contributed by atoms with Crippen LogP contribution in [0.4, 0.5) is 10.1 Å². The number of ether oxygens (including phenoxy) is 1. The number of rotatable bonds is 5. The number of anilines is 1. The van der Waals surface area contributed by atoms with Gasteiger partial charge in [-0.3, -0.25) is 4.79 Å². The first kappa shape index (κ1) is 15.3. The van der Waals surface area contributed by atoms with Crippen LogP contribution < -0.4 is 5.32 Å². The summed E-state index contributed by atoms with van der Waals surface area (Å²) < 4.78 is 18.1. The predicted octanol–water partition coefficient (Wildman–Crippen LogP) is 3.85. The van der Waals surface area contributed by atoms with Crippen LogP contribution in [0.2, 0.25) is 5.02 Å². The minimum atomic E-state index is -0.474. The molecule has 5 heteroatoms. The Morgan fingerprint density at radius 3 is 2.62 bits per heavy atom. The maximum Gasteiger partial charge on any atom is 0.314 e. The number of carbonyl (C=O) groups excluding carboxylic acids is 1. The van der Waals surface area contributed by atoms with Gasteiger partial charge in [0, 0.05) is 17.3 Å². The molecule has 0 radical (unpaired) electrons. The van der Waals surface area contributed by atoms with Crippen LogP contribution in [0.3, 0.4) is 0 Å². The molecule has 0 spiro atoms. The zero-order chi connectivity index (χ0) is 15.2. The van der Waals surface area contributed by atoms with E-state index in [2.05, 4.69) is 5.32 Å². The van der Waals surface area contributed by atoms with Crippen LogP contribution in [0.15, 0.2) is 48.5 Å². The molecular weight excluding hydrogens is 293 g/mol. The maximum absolute atomic E-state index is 13.3. The molecule has 0 fully saturated rings. The van der Waals surface area contributed by atoms with E-state index in [-0.39, 0.29) is 12.5 Å². The number of hydrogen-bond donors (Lipinski definition) is 1. The molecule has 1 atom stereocenters. The quantitative estimate of drug-likeness (QED) is 0.853. The van der Waals surface area contributed by atoms with Gasteiger partial charge in [0.1, 0.15) is 5.82 Å². The molecule has 0 saturated heterocycles. The monoisotopic (exact) mass is 307 g/mol. The van der Waals surface area contributed by atoms with Gasteiger partial charge >= 0.3 is 5.97 Å². The first-order valence-electron chi connectivity index (χ1n) is 6.43. The molecule has 0 amide bonds. The predicted molar refractivity (Wildman–Crippen MR) is 81.1 cm³/mol. The molecule has 0 aromatic heterocycles. The molecule has 110 valence electrons. The normalized spacial score (nSPS) is 11.8. The summed E-state index contributed by atoms with van der Waals surface area (Å²) in [6.07, 6.45) is 0. The summed E-state index contributed by atoms with van der Waals surface area (Å²) in [5, 5.41) is 3.31. The number of nitrogens with one attached hydrogen (secondary N) is 1. The topological polar surface area (TPSA) is 38.3 Å². The van der Waals surface area contributed by atoms with Crippen molar-refractivity contribution in [3.05, 3.63) is 64.9 Å². The standard InChI is InChI=1S/C16H15ClFNO2/c1-21-16(20)15(11-5-3-2-4-6-11)10-19-14-8-12(17)7-13(18)9-14/h2-9,15,19H,10H2,1H3. The van der Waals surface area contributed by atoms with Crippen LogP contribution in [0.25, 0.3) is 0 Å². The molecule has 1 unspecified atom stereocenters. The smallest absolute Gasteiger partial charge is 0.314 e. The van der Waals surface area contributed by atoms with Gasteiger partial charge in [-0.15, -0.1) is 0 Å². The molecule has 21 heavy (non-hydrogen) atoms. The van der Waals surface area contributed by atoms with Crippen molar-refractivity contribution in [1.82, 2.24) is 0 Å². The van der Waals surface area contributed by atoms with Gasteiger partial charge < -0.3 is 10.1 Å². The molecule has 3 nitrogen and oxygen atoms in total. The van der Waals surface area contributed by atoms with Gasteiger partial charge in [-0.05, 0) is 23.8 Å². The largest absolute Gasteiger partial charge is 0.468 e. The lowest BCUT2D eigenvalue weighted by molar-refractivity contribution is -0.142. The molecule has 2 aromatic carbocycles. The minimum absolute atomic E-state index is 0.288. The molecule has 0 saturated carbocycles. The Labute approximate surface area is 127 Å². The van der Waals surface area contributed by atoms with Crippen molar-refractivity contribution < 1.29 is 13.9 Å². The Morgan fingerprint density at radius 1 is 1.29 bits per heavy atom. The summed E-state index contributed by atoms with van der Waals surface area (Å²) in [6.45, 7) is 0.288. The van der Waals surface area contributed by atoms with Crippen molar-refractivity contribution >= 4 is 23.3 Å². The number of halogens is 2. The third-order valence-corrected chi connectivity index (χ3v) is 3.28. The van der Waals surface area contributed by atoms with Crippen LogP contribution in [0, 0.1) is 5.82 Å². The third-order valence-electron chi connectivity index (χ3n) is 3.06. The highest BCUT2D eigenvalue weighted by Crippen LogP contribution is 2.21. The van der Waals surface area contributed by atoms with Crippen LogP contribution in [0.1, 0.15) is 11.5 Å². The summed E-state index contributed by atoms with van der Waals surface area (Å²) in [5.74, 6) is -1.26. The van der Waals surface area contributed by atoms with Crippen LogP contribution in [-0.2, 0) is 9.53 Å². The number of carbonyl (C=O) groups is 1. The molecule has 0 aliphatic carbocycles. The fourth-order valence-corrected chi connectivity index (χ4v) is 2.26. The number of benzene rings is 2. The molecule has 0 aliphatic rings.